The fourth-order valence-electron chi connectivity index (χ4n) is 3.53. The molecule has 134 valence electrons. The summed E-state index contributed by atoms with van der Waals surface area (Å²) in [5.41, 5.74) is 1.98. The van der Waals surface area contributed by atoms with Crippen molar-refractivity contribution in [2.75, 3.05) is 0 Å². The van der Waals surface area contributed by atoms with Gasteiger partial charge < -0.3 is 5.32 Å². The molecule has 0 spiro atoms. The van der Waals surface area contributed by atoms with E-state index in [-0.39, 0.29) is 16.2 Å². The van der Waals surface area contributed by atoms with E-state index in [1.54, 1.807) is 12.3 Å². The third-order valence-electron chi connectivity index (χ3n) is 4.61. The zero-order valence-electron chi connectivity index (χ0n) is 14.3. The average molecular weight is 390 g/mol. The Bertz CT molecular complexity index is 950. The molecule has 0 fully saturated rings. The van der Waals surface area contributed by atoms with E-state index < -0.39 is 11.9 Å². The van der Waals surface area contributed by atoms with Crippen LogP contribution in [-0.2, 0) is 4.79 Å². The first kappa shape index (κ1) is 17.4. The molecule has 0 radical (unpaired) electrons. The Morgan fingerprint density at radius 1 is 1.35 bits per heavy atom. The van der Waals surface area contributed by atoms with Gasteiger partial charge in [-0.15, -0.1) is 11.3 Å². The molecule has 4 rings (SSSR count). The molecule has 1 atom stereocenters. The molecule has 26 heavy (non-hydrogen) atoms. The Morgan fingerprint density at radius 2 is 2.15 bits per heavy atom. The monoisotopic (exact) mass is 389 g/mol. The van der Waals surface area contributed by atoms with Gasteiger partial charge in [-0.25, -0.2) is 9.37 Å². The third-order valence-corrected chi connectivity index (χ3v) is 5.72. The SMILES string of the molecule is CC1(C)CC(=O)C2=C(C1)NC(c1nccs1)=NC2c1ccc(F)cc1Cl. The Hall–Kier alpha value is -2.05. The first-order valence-electron chi connectivity index (χ1n) is 8.30. The molecule has 4 nitrogen and oxygen atoms in total. The lowest BCUT2D eigenvalue weighted by Crippen LogP contribution is -2.39. The summed E-state index contributed by atoms with van der Waals surface area (Å²) in [4.78, 5) is 22.0. The molecular weight excluding hydrogens is 373 g/mol. The molecular formula is C19H17ClFN3OS. The lowest BCUT2D eigenvalue weighted by molar-refractivity contribution is -0.118. The zero-order valence-corrected chi connectivity index (χ0v) is 15.9. The van der Waals surface area contributed by atoms with Crippen LogP contribution in [0.25, 0.3) is 0 Å². The van der Waals surface area contributed by atoms with E-state index in [9.17, 15) is 9.18 Å². The number of hydrogen-bond acceptors (Lipinski definition) is 5. The number of allylic oxidation sites excluding steroid dienone is 1. The van der Waals surface area contributed by atoms with Gasteiger partial charge in [-0.1, -0.05) is 31.5 Å². The topological polar surface area (TPSA) is 54.4 Å². The Balaban J connectivity index is 1.87. The van der Waals surface area contributed by atoms with Crippen molar-refractivity contribution in [1.29, 1.82) is 0 Å². The molecule has 1 unspecified atom stereocenters. The maximum atomic E-state index is 13.5. The molecule has 2 aromatic rings. The maximum absolute atomic E-state index is 13.5. The molecule has 1 aromatic carbocycles. The van der Waals surface area contributed by atoms with Crippen LogP contribution in [-0.4, -0.2) is 16.6 Å². The Morgan fingerprint density at radius 3 is 2.85 bits per heavy atom. The van der Waals surface area contributed by atoms with Crippen molar-refractivity contribution in [3.63, 3.8) is 0 Å². The number of aliphatic imine (C=N–C) groups is 1. The Labute approximate surface area is 159 Å². The highest BCUT2D eigenvalue weighted by molar-refractivity contribution is 7.11. The summed E-state index contributed by atoms with van der Waals surface area (Å²) in [6.07, 6.45) is 2.89. The second-order valence-electron chi connectivity index (χ2n) is 7.34. The van der Waals surface area contributed by atoms with E-state index >= 15 is 0 Å². The number of Topliss-reactive ketones (excluding diaryl/α,β-unsaturated/α-hetero) is 1. The fraction of sp³-hybridized carbons (Fsp3) is 0.316. The number of benzene rings is 1. The summed E-state index contributed by atoms with van der Waals surface area (Å²) in [6.45, 7) is 4.15. The minimum Gasteiger partial charge on any atom is -0.341 e. The quantitative estimate of drug-likeness (QED) is 0.812. The molecule has 1 aliphatic carbocycles. The highest BCUT2D eigenvalue weighted by Gasteiger charge is 2.40. The van der Waals surface area contributed by atoms with Gasteiger partial charge in [-0.2, -0.15) is 0 Å². The number of nitrogens with zero attached hydrogens (tertiary/aromatic N) is 2. The summed E-state index contributed by atoms with van der Waals surface area (Å²) in [5, 5.41) is 6.20. The second-order valence-corrected chi connectivity index (χ2v) is 8.64. The molecule has 2 aliphatic rings. The number of ketones is 1. The van der Waals surface area contributed by atoms with Crippen LogP contribution in [0.4, 0.5) is 4.39 Å². The van der Waals surface area contributed by atoms with Gasteiger partial charge >= 0.3 is 0 Å². The van der Waals surface area contributed by atoms with E-state index in [4.69, 9.17) is 16.6 Å². The predicted molar refractivity (Wildman–Crippen MR) is 101 cm³/mol. The van der Waals surface area contributed by atoms with Crippen LogP contribution in [0, 0.1) is 11.2 Å². The number of carbonyl (C=O) groups excluding carboxylic acids is 1. The largest absolute Gasteiger partial charge is 0.341 e. The molecule has 0 saturated heterocycles. The van der Waals surface area contributed by atoms with Gasteiger partial charge in [0.25, 0.3) is 0 Å². The lowest BCUT2D eigenvalue weighted by atomic mass is 9.73. The standard InChI is InChI=1S/C19H17ClFN3OS/c1-19(2)8-13-15(14(25)9-19)16(11-4-3-10(21)7-12(11)20)24-17(23-13)18-22-5-6-26-18/h3-7,16H,8-9H2,1-2H3,(H,23,24). The van der Waals surface area contributed by atoms with Gasteiger partial charge in [0.15, 0.2) is 16.6 Å². The van der Waals surface area contributed by atoms with Crippen molar-refractivity contribution in [1.82, 2.24) is 10.3 Å². The predicted octanol–water partition coefficient (Wildman–Crippen LogP) is 4.67. The molecule has 0 saturated carbocycles. The first-order valence-corrected chi connectivity index (χ1v) is 9.56. The smallest absolute Gasteiger partial charge is 0.163 e. The molecule has 0 amide bonds. The number of nitrogens with one attached hydrogen (secondary N) is 1. The van der Waals surface area contributed by atoms with Crippen LogP contribution in [0.1, 0.15) is 43.3 Å². The van der Waals surface area contributed by atoms with E-state index in [0.717, 1.165) is 17.1 Å². The third kappa shape index (κ3) is 3.08. The van der Waals surface area contributed by atoms with E-state index in [1.807, 2.05) is 5.38 Å². The summed E-state index contributed by atoms with van der Waals surface area (Å²) in [7, 11) is 0. The highest BCUT2D eigenvalue weighted by atomic mass is 35.5. The van der Waals surface area contributed by atoms with Gasteiger partial charge in [-0.3, -0.25) is 9.79 Å². The van der Waals surface area contributed by atoms with Gasteiger partial charge in [0.05, 0.1) is 0 Å². The number of carbonyl (C=O) groups is 1. The number of hydrogen-bond donors (Lipinski definition) is 1. The number of thiazole rings is 1. The first-order chi connectivity index (χ1) is 12.3. The van der Waals surface area contributed by atoms with Crippen molar-refractivity contribution < 1.29 is 9.18 Å². The van der Waals surface area contributed by atoms with Gasteiger partial charge in [-0.05, 0) is 24.0 Å². The Kier molecular flexibility index (Phi) is 4.20. The summed E-state index contributed by atoms with van der Waals surface area (Å²) >= 11 is 7.76. The molecule has 1 aromatic heterocycles. The van der Waals surface area contributed by atoms with Gasteiger partial charge in [0, 0.05) is 39.9 Å². The number of amidine groups is 1. The summed E-state index contributed by atoms with van der Waals surface area (Å²) < 4.78 is 13.5. The minimum absolute atomic E-state index is 0.0519. The molecule has 0 bridgehead atoms. The number of rotatable bonds is 2. The van der Waals surface area contributed by atoms with Crippen LogP contribution in [0.15, 0.2) is 46.0 Å². The van der Waals surface area contributed by atoms with Crippen LogP contribution in [0.5, 0.6) is 0 Å². The van der Waals surface area contributed by atoms with Crippen molar-refractivity contribution in [3.05, 3.63) is 62.5 Å². The van der Waals surface area contributed by atoms with Gasteiger partial charge in [0.2, 0.25) is 0 Å². The van der Waals surface area contributed by atoms with Crippen molar-refractivity contribution >= 4 is 34.6 Å². The van der Waals surface area contributed by atoms with Gasteiger partial charge in [0.1, 0.15) is 11.9 Å². The summed E-state index contributed by atoms with van der Waals surface area (Å²) in [6, 6.07) is 3.66. The van der Waals surface area contributed by atoms with Crippen LogP contribution in [0.3, 0.4) is 0 Å². The molecule has 7 heteroatoms. The van der Waals surface area contributed by atoms with E-state index in [2.05, 4.69) is 24.1 Å². The maximum Gasteiger partial charge on any atom is 0.163 e. The van der Waals surface area contributed by atoms with E-state index in [0.29, 0.717) is 23.4 Å². The molecule has 1 N–H and O–H groups in total. The van der Waals surface area contributed by atoms with Crippen LogP contribution in [0.2, 0.25) is 5.02 Å². The zero-order chi connectivity index (χ0) is 18.5. The average Bonchev–Trinajstić information content (AvgIpc) is 3.07. The number of aromatic nitrogens is 1. The lowest BCUT2D eigenvalue weighted by Gasteiger charge is -2.37. The number of halogens is 2. The molecule has 2 heterocycles. The van der Waals surface area contributed by atoms with Crippen molar-refractivity contribution in [2.45, 2.75) is 32.7 Å². The van der Waals surface area contributed by atoms with Crippen molar-refractivity contribution in [2.24, 2.45) is 10.4 Å². The van der Waals surface area contributed by atoms with Crippen molar-refractivity contribution in [3.8, 4) is 0 Å². The highest BCUT2D eigenvalue weighted by Crippen LogP contribution is 2.44. The summed E-state index contributed by atoms with van der Waals surface area (Å²) in [5.74, 6) is 0.257. The minimum atomic E-state index is -0.554. The fourth-order valence-corrected chi connectivity index (χ4v) is 4.39. The van der Waals surface area contributed by atoms with Crippen LogP contribution >= 0.6 is 22.9 Å². The normalized spacial score (nSPS) is 21.9. The second kappa shape index (κ2) is 6.28. The van der Waals surface area contributed by atoms with E-state index in [1.165, 1.54) is 23.5 Å². The van der Waals surface area contributed by atoms with Crippen LogP contribution < -0.4 is 5.32 Å². The molecule has 1 aliphatic heterocycles.